The Bertz CT molecular complexity index is 580. The Kier molecular flexibility index (Phi) is 4.21. The lowest BCUT2D eigenvalue weighted by Gasteiger charge is -2.47. The van der Waals surface area contributed by atoms with Crippen molar-refractivity contribution in [3.8, 4) is 0 Å². The number of alkyl carbamates (subject to hydrolysis) is 1. The monoisotopic (exact) mass is 336 g/mol. The Hall–Kier alpha value is -1.07. The number of carbonyl (C=O) groups is 1. The summed E-state index contributed by atoms with van der Waals surface area (Å²) in [7, 11) is 0. The van der Waals surface area contributed by atoms with Crippen LogP contribution in [0, 0.1) is 0 Å². The lowest BCUT2D eigenvalue weighted by atomic mass is 9.69. The Morgan fingerprint density at radius 2 is 2.00 bits per heavy atom. The molecule has 0 saturated heterocycles. The van der Waals surface area contributed by atoms with Gasteiger partial charge in [-0.2, -0.15) is 0 Å². The molecule has 0 aromatic carbocycles. The van der Waals surface area contributed by atoms with E-state index in [2.05, 4.69) is 29.0 Å². The second-order valence-corrected chi connectivity index (χ2v) is 9.20. The Labute approximate surface area is 143 Å². The van der Waals surface area contributed by atoms with Crippen LogP contribution in [-0.4, -0.2) is 23.8 Å². The third-order valence-electron chi connectivity index (χ3n) is 5.09. The molecule has 23 heavy (non-hydrogen) atoms. The second kappa shape index (κ2) is 5.78. The first-order chi connectivity index (χ1) is 10.7. The number of carbonyl (C=O) groups excluding carboxylic acids is 1. The number of hydrogen-bond acceptors (Lipinski definition) is 4. The maximum Gasteiger partial charge on any atom is 0.408 e. The molecule has 1 aromatic heterocycles. The van der Waals surface area contributed by atoms with Crippen LogP contribution in [0.5, 0.6) is 0 Å². The summed E-state index contributed by atoms with van der Waals surface area (Å²) in [5, 5.41) is 9.09. The molecule has 3 rings (SSSR count). The van der Waals surface area contributed by atoms with E-state index in [1.165, 1.54) is 10.4 Å². The van der Waals surface area contributed by atoms with Gasteiger partial charge in [0, 0.05) is 22.5 Å². The van der Waals surface area contributed by atoms with Crippen LogP contribution in [-0.2, 0) is 16.7 Å². The molecule has 0 unspecified atom stereocenters. The molecule has 1 amide bonds. The molecule has 2 N–H and O–H groups in total. The number of nitrogens with one attached hydrogen (secondary N) is 2. The average Bonchev–Trinajstić information content (AvgIpc) is 2.90. The van der Waals surface area contributed by atoms with Crippen molar-refractivity contribution in [3.05, 3.63) is 21.9 Å². The van der Waals surface area contributed by atoms with Crippen LogP contribution >= 0.6 is 11.3 Å². The zero-order chi connectivity index (χ0) is 16.7. The Balaban J connectivity index is 1.66. The van der Waals surface area contributed by atoms with Crippen molar-refractivity contribution >= 4 is 17.4 Å². The van der Waals surface area contributed by atoms with E-state index in [0.29, 0.717) is 0 Å². The molecule has 0 bridgehead atoms. The molecule has 4 nitrogen and oxygen atoms in total. The molecular formula is C18H28N2O2S. The lowest BCUT2D eigenvalue weighted by molar-refractivity contribution is 0.0401. The van der Waals surface area contributed by atoms with Crippen LogP contribution in [0.4, 0.5) is 4.79 Å². The third-order valence-corrected chi connectivity index (χ3v) is 6.07. The molecule has 1 aromatic rings. The predicted molar refractivity (Wildman–Crippen MR) is 93.9 cm³/mol. The Morgan fingerprint density at radius 3 is 2.65 bits per heavy atom. The summed E-state index contributed by atoms with van der Waals surface area (Å²) in [6.45, 7) is 8.89. The molecule has 2 heterocycles. The highest BCUT2D eigenvalue weighted by Gasteiger charge is 2.44. The van der Waals surface area contributed by atoms with Crippen LogP contribution in [0.3, 0.4) is 0 Å². The molecule has 1 spiro atoms. The molecule has 1 aliphatic heterocycles. The van der Waals surface area contributed by atoms with Crippen molar-refractivity contribution < 1.29 is 9.53 Å². The smallest absolute Gasteiger partial charge is 0.408 e. The molecule has 1 saturated carbocycles. The fourth-order valence-corrected chi connectivity index (χ4v) is 4.80. The van der Waals surface area contributed by atoms with Crippen molar-refractivity contribution in [3.63, 3.8) is 0 Å². The van der Waals surface area contributed by atoms with Crippen LogP contribution in [0.1, 0.15) is 63.8 Å². The molecule has 128 valence electrons. The van der Waals surface area contributed by atoms with Gasteiger partial charge in [0.05, 0.1) is 0 Å². The van der Waals surface area contributed by atoms with Gasteiger partial charge < -0.3 is 15.4 Å². The summed E-state index contributed by atoms with van der Waals surface area (Å²) in [6, 6.07) is 2.29. The topological polar surface area (TPSA) is 50.4 Å². The van der Waals surface area contributed by atoms with Crippen molar-refractivity contribution in [2.45, 2.75) is 76.5 Å². The molecule has 1 fully saturated rings. The average molecular weight is 337 g/mol. The first-order valence-corrected chi connectivity index (χ1v) is 9.43. The lowest BCUT2D eigenvalue weighted by Crippen LogP contribution is -2.56. The van der Waals surface area contributed by atoms with Crippen molar-refractivity contribution in [1.82, 2.24) is 10.6 Å². The van der Waals surface area contributed by atoms with Gasteiger partial charge in [0.15, 0.2) is 0 Å². The highest BCUT2D eigenvalue weighted by atomic mass is 32.1. The van der Waals surface area contributed by atoms with Gasteiger partial charge in [-0.25, -0.2) is 4.79 Å². The third kappa shape index (κ3) is 3.56. The summed E-state index contributed by atoms with van der Waals surface area (Å²) < 4.78 is 5.42. The minimum Gasteiger partial charge on any atom is -0.444 e. The van der Waals surface area contributed by atoms with Crippen molar-refractivity contribution in [2.24, 2.45) is 0 Å². The standard InChI is InChI=1S/C18H28N2O2S/c1-16(2,3)22-15(21)20-17(4)7-9-18(10-8-17)13-6-12-23-14(13)5-11-19-18/h6,12,19H,5,7-11H2,1-4H3,(H,20,21). The number of fused-ring (bicyclic) bond motifs is 2. The van der Waals surface area contributed by atoms with Crippen LogP contribution in [0.15, 0.2) is 11.4 Å². The van der Waals surface area contributed by atoms with E-state index in [1.54, 1.807) is 0 Å². The highest BCUT2D eigenvalue weighted by Crippen LogP contribution is 2.45. The molecule has 2 aliphatic rings. The van der Waals surface area contributed by atoms with Crippen LogP contribution < -0.4 is 10.6 Å². The number of thiophene rings is 1. The number of hydrogen-bond donors (Lipinski definition) is 2. The van der Waals surface area contributed by atoms with E-state index in [-0.39, 0.29) is 17.2 Å². The van der Waals surface area contributed by atoms with E-state index < -0.39 is 5.60 Å². The molecule has 1 aliphatic carbocycles. The molecular weight excluding hydrogens is 308 g/mol. The van der Waals surface area contributed by atoms with Gasteiger partial charge in [0.25, 0.3) is 0 Å². The number of rotatable bonds is 1. The second-order valence-electron chi connectivity index (χ2n) is 8.20. The number of amides is 1. The summed E-state index contributed by atoms with van der Waals surface area (Å²) in [5.41, 5.74) is 0.978. The Morgan fingerprint density at radius 1 is 1.30 bits per heavy atom. The van der Waals surface area contributed by atoms with Crippen molar-refractivity contribution in [1.29, 1.82) is 0 Å². The largest absolute Gasteiger partial charge is 0.444 e. The molecule has 5 heteroatoms. The van der Waals surface area contributed by atoms with E-state index in [0.717, 1.165) is 38.6 Å². The fourth-order valence-electron chi connectivity index (χ4n) is 3.82. The SMILES string of the molecule is CC1(NC(=O)OC(C)(C)C)CCC2(CC1)NCCc1sccc12. The van der Waals surface area contributed by atoms with Gasteiger partial charge in [-0.05, 0) is 76.8 Å². The van der Waals surface area contributed by atoms with Gasteiger partial charge >= 0.3 is 6.09 Å². The van der Waals surface area contributed by atoms with E-state index in [1.807, 2.05) is 32.1 Å². The minimum atomic E-state index is -0.452. The summed E-state index contributed by atoms with van der Waals surface area (Å²) >= 11 is 1.88. The first kappa shape index (κ1) is 16.8. The first-order valence-electron chi connectivity index (χ1n) is 8.55. The normalized spacial score (nSPS) is 30.8. The zero-order valence-corrected chi connectivity index (χ0v) is 15.4. The number of ether oxygens (including phenoxy) is 1. The maximum atomic E-state index is 12.1. The quantitative estimate of drug-likeness (QED) is 0.816. The van der Waals surface area contributed by atoms with Crippen molar-refractivity contribution in [2.75, 3.05) is 6.54 Å². The maximum absolute atomic E-state index is 12.1. The van der Waals surface area contributed by atoms with E-state index >= 15 is 0 Å². The molecule has 0 radical (unpaired) electrons. The van der Waals surface area contributed by atoms with Gasteiger partial charge in [0.1, 0.15) is 5.60 Å². The van der Waals surface area contributed by atoms with E-state index in [4.69, 9.17) is 4.74 Å². The highest BCUT2D eigenvalue weighted by molar-refractivity contribution is 7.10. The summed E-state index contributed by atoms with van der Waals surface area (Å²) in [6.07, 6.45) is 4.89. The summed E-state index contributed by atoms with van der Waals surface area (Å²) in [5.74, 6) is 0. The van der Waals surface area contributed by atoms with E-state index in [9.17, 15) is 4.79 Å². The minimum absolute atomic E-state index is 0.114. The summed E-state index contributed by atoms with van der Waals surface area (Å²) in [4.78, 5) is 13.6. The van der Waals surface area contributed by atoms with Gasteiger partial charge in [0.2, 0.25) is 0 Å². The van der Waals surface area contributed by atoms with Gasteiger partial charge in [-0.3, -0.25) is 0 Å². The van der Waals surface area contributed by atoms with Crippen LogP contribution in [0.25, 0.3) is 0 Å². The predicted octanol–water partition coefficient (Wildman–Crippen LogP) is 3.95. The van der Waals surface area contributed by atoms with Crippen LogP contribution in [0.2, 0.25) is 0 Å². The fraction of sp³-hybridized carbons (Fsp3) is 0.722. The van der Waals surface area contributed by atoms with Gasteiger partial charge in [-0.15, -0.1) is 11.3 Å². The zero-order valence-electron chi connectivity index (χ0n) is 14.6. The molecule has 0 atom stereocenters. The van der Waals surface area contributed by atoms with Gasteiger partial charge in [-0.1, -0.05) is 0 Å².